The van der Waals surface area contributed by atoms with Gasteiger partial charge in [0.05, 0.1) is 30.4 Å². The van der Waals surface area contributed by atoms with Gasteiger partial charge in [-0.3, -0.25) is 4.72 Å². The molecule has 3 aromatic rings. The number of hydrogen-bond acceptors (Lipinski definition) is 6. The largest absolute Gasteiger partial charge is 0.493 e. The van der Waals surface area contributed by atoms with Gasteiger partial charge in [-0.25, -0.2) is 17.8 Å². The average Bonchev–Trinajstić information content (AvgIpc) is 3.14. The molecule has 0 aliphatic heterocycles. The number of benzene rings is 2. The first kappa shape index (κ1) is 21.8. The molecule has 2 aromatic carbocycles. The van der Waals surface area contributed by atoms with Crippen molar-refractivity contribution < 1.29 is 35.5 Å². The molecule has 1 N–H and O–H groups in total. The maximum absolute atomic E-state index is 13.6. The number of thiazole rings is 1. The summed E-state index contributed by atoms with van der Waals surface area (Å²) in [5, 5.41) is 1.22. The van der Waals surface area contributed by atoms with Gasteiger partial charge in [0.15, 0.2) is 16.6 Å². The Morgan fingerprint density at radius 2 is 1.73 bits per heavy atom. The third kappa shape index (κ3) is 4.65. The Bertz CT molecular complexity index is 1180. The Hall–Kier alpha value is -2.86. The van der Waals surface area contributed by atoms with E-state index in [4.69, 9.17) is 9.47 Å². The highest BCUT2D eigenvalue weighted by molar-refractivity contribution is 7.93. The monoisotopic (exact) mass is 462 g/mol. The van der Waals surface area contributed by atoms with Crippen molar-refractivity contribution in [2.24, 2.45) is 0 Å². The van der Waals surface area contributed by atoms with Crippen molar-refractivity contribution in [3.63, 3.8) is 0 Å². The highest BCUT2D eigenvalue weighted by Crippen LogP contribution is 2.35. The molecule has 0 fully saturated rings. The van der Waals surface area contributed by atoms with Gasteiger partial charge >= 0.3 is 6.18 Å². The number of methoxy groups -OCH3 is 2. The van der Waals surface area contributed by atoms with E-state index in [0.717, 1.165) is 23.5 Å². The molecule has 1 aromatic heterocycles. The first-order valence-electron chi connectivity index (χ1n) is 8.12. The number of halogens is 4. The van der Waals surface area contributed by atoms with Crippen LogP contribution in [0.4, 0.5) is 22.7 Å². The quantitative estimate of drug-likeness (QED) is 0.534. The molecule has 0 amide bonds. The van der Waals surface area contributed by atoms with Crippen molar-refractivity contribution >= 4 is 26.5 Å². The number of nitrogens with zero attached hydrogens (tertiary/aromatic N) is 1. The summed E-state index contributed by atoms with van der Waals surface area (Å²) < 4.78 is 89.9. The second-order valence-electron chi connectivity index (χ2n) is 5.89. The fraction of sp³-hybridized carbons (Fsp3) is 0.167. The fourth-order valence-corrected chi connectivity index (χ4v) is 4.50. The van der Waals surface area contributed by atoms with Crippen LogP contribution in [0, 0.1) is 5.82 Å². The molecule has 3 rings (SSSR count). The molecule has 0 spiro atoms. The molecule has 0 aliphatic carbocycles. The zero-order valence-electron chi connectivity index (χ0n) is 15.5. The van der Waals surface area contributed by atoms with E-state index in [-0.39, 0.29) is 27.0 Å². The summed E-state index contributed by atoms with van der Waals surface area (Å²) >= 11 is 0.842. The summed E-state index contributed by atoms with van der Waals surface area (Å²) in [7, 11) is -1.32. The minimum absolute atomic E-state index is 0.00462. The van der Waals surface area contributed by atoms with Gasteiger partial charge in [0.2, 0.25) is 0 Å². The number of anilines is 1. The summed E-state index contributed by atoms with van der Waals surface area (Å²) in [5.74, 6) is -0.556. The first-order chi connectivity index (χ1) is 14.0. The van der Waals surface area contributed by atoms with Crippen LogP contribution >= 0.6 is 11.3 Å². The number of ether oxygens (including phenoxy) is 2. The van der Waals surface area contributed by atoms with Gasteiger partial charge in [-0.2, -0.15) is 13.2 Å². The zero-order chi connectivity index (χ0) is 22.1. The maximum atomic E-state index is 13.6. The number of sulfonamides is 1. The van der Waals surface area contributed by atoms with Crippen molar-refractivity contribution in [3.8, 4) is 22.8 Å². The lowest BCUT2D eigenvalue weighted by atomic mass is 10.1. The normalized spacial score (nSPS) is 11.9. The molecule has 0 aliphatic rings. The lowest BCUT2D eigenvalue weighted by Gasteiger charge is -2.10. The summed E-state index contributed by atoms with van der Waals surface area (Å²) in [6, 6.07) is 5.95. The summed E-state index contributed by atoms with van der Waals surface area (Å²) in [5.41, 5.74) is -1.30. The minimum atomic E-state index is -4.73. The zero-order valence-corrected chi connectivity index (χ0v) is 17.1. The molecule has 30 heavy (non-hydrogen) atoms. The standard InChI is InChI=1S/C18H14F4N2O4S2/c1-27-15-4-3-13(8-16(15)28-2)30(25,26)24-17-23-14(9-29-17)10-5-11(18(20,21)22)7-12(19)6-10/h3-9H,1-2H3,(H,23,24). The van der Waals surface area contributed by atoms with E-state index in [1.54, 1.807) is 0 Å². The first-order valence-corrected chi connectivity index (χ1v) is 10.5. The maximum Gasteiger partial charge on any atom is 0.416 e. The van der Waals surface area contributed by atoms with Crippen LogP contribution < -0.4 is 14.2 Å². The number of aromatic nitrogens is 1. The SMILES string of the molecule is COc1ccc(S(=O)(=O)Nc2nc(-c3cc(F)cc(C(F)(F)F)c3)cs2)cc1OC. The molecule has 0 unspecified atom stereocenters. The Balaban J connectivity index is 1.90. The minimum Gasteiger partial charge on any atom is -0.493 e. The van der Waals surface area contributed by atoms with E-state index < -0.39 is 27.6 Å². The van der Waals surface area contributed by atoms with Crippen LogP contribution in [-0.2, 0) is 16.2 Å². The summed E-state index contributed by atoms with van der Waals surface area (Å²) in [6.45, 7) is 0. The van der Waals surface area contributed by atoms with Gasteiger partial charge in [0.25, 0.3) is 10.0 Å². The summed E-state index contributed by atoms with van der Waals surface area (Å²) in [4.78, 5) is 3.83. The van der Waals surface area contributed by atoms with E-state index in [9.17, 15) is 26.0 Å². The number of rotatable bonds is 6. The fourth-order valence-electron chi connectivity index (χ4n) is 2.51. The average molecular weight is 462 g/mol. The molecule has 0 radical (unpaired) electrons. The molecule has 0 bridgehead atoms. The highest BCUT2D eigenvalue weighted by Gasteiger charge is 2.31. The van der Waals surface area contributed by atoms with Gasteiger partial charge in [0, 0.05) is 17.0 Å². The predicted octanol–water partition coefficient (Wildman–Crippen LogP) is 4.79. The van der Waals surface area contributed by atoms with Crippen LogP contribution in [0.5, 0.6) is 11.5 Å². The van der Waals surface area contributed by atoms with E-state index in [1.165, 1.54) is 37.8 Å². The van der Waals surface area contributed by atoms with Gasteiger partial charge < -0.3 is 9.47 Å². The molecule has 0 saturated carbocycles. The van der Waals surface area contributed by atoms with Gasteiger partial charge in [-0.05, 0) is 30.3 Å². The van der Waals surface area contributed by atoms with Crippen LogP contribution in [0.1, 0.15) is 5.56 Å². The third-order valence-electron chi connectivity index (χ3n) is 3.91. The Kier molecular flexibility index (Phi) is 5.90. The summed E-state index contributed by atoms with van der Waals surface area (Å²) in [6.07, 6.45) is -4.73. The van der Waals surface area contributed by atoms with E-state index in [0.29, 0.717) is 11.8 Å². The van der Waals surface area contributed by atoms with Crippen molar-refractivity contribution in [1.29, 1.82) is 0 Å². The van der Waals surface area contributed by atoms with Gasteiger partial charge in [-0.1, -0.05) is 0 Å². The molecular formula is C18H14F4N2O4S2. The third-order valence-corrected chi connectivity index (χ3v) is 6.14. The van der Waals surface area contributed by atoms with Crippen LogP contribution in [0.15, 0.2) is 46.7 Å². The van der Waals surface area contributed by atoms with Gasteiger partial charge in [0.1, 0.15) is 5.82 Å². The second kappa shape index (κ2) is 8.11. The second-order valence-corrected chi connectivity index (χ2v) is 8.43. The lowest BCUT2D eigenvalue weighted by Crippen LogP contribution is -2.13. The van der Waals surface area contributed by atoms with Crippen LogP contribution in [0.25, 0.3) is 11.3 Å². The molecule has 12 heteroatoms. The Morgan fingerprint density at radius 3 is 2.37 bits per heavy atom. The van der Waals surface area contributed by atoms with Crippen molar-refractivity contribution in [1.82, 2.24) is 4.98 Å². The topological polar surface area (TPSA) is 77.5 Å². The predicted molar refractivity (Wildman–Crippen MR) is 103 cm³/mol. The number of alkyl halides is 3. The molecule has 160 valence electrons. The van der Waals surface area contributed by atoms with E-state index in [1.807, 2.05) is 0 Å². The molecule has 1 heterocycles. The smallest absolute Gasteiger partial charge is 0.416 e. The number of hydrogen-bond donors (Lipinski definition) is 1. The Morgan fingerprint density at radius 1 is 1.03 bits per heavy atom. The molecule has 0 saturated heterocycles. The lowest BCUT2D eigenvalue weighted by molar-refractivity contribution is -0.137. The molecule has 0 atom stereocenters. The van der Waals surface area contributed by atoms with Crippen LogP contribution in [0.3, 0.4) is 0 Å². The van der Waals surface area contributed by atoms with Gasteiger partial charge in [-0.15, -0.1) is 11.3 Å². The van der Waals surface area contributed by atoms with Crippen molar-refractivity contribution in [3.05, 3.63) is 53.2 Å². The molecule has 6 nitrogen and oxygen atoms in total. The molecular weight excluding hydrogens is 448 g/mol. The van der Waals surface area contributed by atoms with E-state index >= 15 is 0 Å². The highest BCUT2D eigenvalue weighted by atomic mass is 32.2. The van der Waals surface area contributed by atoms with E-state index in [2.05, 4.69) is 9.71 Å². The van der Waals surface area contributed by atoms with Crippen LogP contribution in [0.2, 0.25) is 0 Å². The van der Waals surface area contributed by atoms with Crippen molar-refractivity contribution in [2.75, 3.05) is 18.9 Å². The van der Waals surface area contributed by atoms with Crippen molar-refractivity contribution in [2.45, 2.75) is 11.1 Å². The number of nitrogens with one attached hydrogen (secondary N) is 1. The Labute approximate surface area is 173 Å². The van der Waals surface area contributed by atoms with Crippen LogP contribution in [-0.4, -0.2) is 27.6 Å².